The van der Waals surface area contributed by atoms with E-state index < -0.39 is 20.0 Å². The molecule has 3 N–H and O–H groups in total. The second-order valence-electron chi connectivity index (χ2n) is 22.1. The lowest BCUT2D eigenvalue weighted by Crippen LogP contribution is -2.45. The molecule has 3 unspecified atom stereocenters. The molecular formula is C62H120N2O6P+. The van der Waals surface area contributed by atoms with Gasteiger partial charge in [-0.25, -0.2) is 4.57 Å². The average Bonchev–Trinajstić information content (AvgIpc) is 3.33. The van der Waals surface area contributed by atoms with Crippen molar-refractivity contribution in [2.75, 3.05) is 40.9 Å². The van der Waals surface area contributed by atoms with E-state index in [0.29, 0.717) is 17.4 Å². The number of rotatable bonds is 56. The maximum absolute atomic E-state index is 13.0. The molecule has 0 aliphatic rings. The fourth-order valence-corrected chi connectivity index (χ4v) is 9.69. The molecule has 0 aliphatic heterocycles. The first-order valence-corrected chi connectivity index (χ1v) is 32.0. The van der Waals surface area contributed by atoms with E-state index in [-0.39, 0.29) is 19.1 Å². The van der Waals surface area contributed by atoms with Crippen molar-refractivity contribution in [3.05, 3.63) is 48.6 Å². The number of amides is 1. The zero-order valence-corrected chi connectivity index (χ0v) is 48.6. The number of aliphatic hydroxyl groups is 1. The molecule has 9 heteroatoms. The molecule has 0 radical (unpaired) electrons. The number of carbonyl (C=O) groups is 1. The summed E-state index contributed by atoms with van der Waals surface area (Å²) < 4.78 is 23.7. The van der Waals surface area contributed by atoms with Gasteiger partial charge in [0.05, 0.1) is 39.9 Å². The normalized spacial score (nSPS) is 14.2. The first-order chi connectivity index (χ1) is 34.5. The van der Waals surface area contributed by atoms with Crippen LogP contribution in [0.3, 0.4) is 0 Å². The van der Waals surface area contributed by atoms with Gasteiger partial charge in [0.25, 0.3) is 0 Å². The molecule has 3 atom stereocenters. The minimum atomic E-state index is -4.36. The highest BCUT2D eigenvalue weighted by Crippen LogP contribution is 2.43. The Morgan fingerprint density at radius 1 is 0.465 bits per heavy atom. The highest BCUT2D eigenvalue weighted by atomic mass is 31.2. The molecule has 0 aromatic carbocycles. The van der Waals surface area contributed by atoms with Crippen LogP contribution in [-0.2, 0) is 18.4 Å². The number of nitrogens with one attached hydrogen (secondary N) is 1. The molecule has 71 heavy (non-hydrogen) atoms. The Hall–Kier alpha value is -1.54. The van der Waals surface area contributed by atoms with E-state index >= 15 is 0 Å². The third kappa shape index (κ3) is 56.0. The van der Waals surface area contributed by atoms with Crippen LogP contribution in [0.2, 0.25) is 0 Å². The topological polar surface area (TPSA) is 105 Å². The lowest BCUT2D eigenvalue weighted by Gasteiger charge is -2.25. The number of hydrogen-bond donors (Lipinski definition) is 3. The third-order valence-electron chi connectivity index (χ3n) is 13.7. The summed E-state index contributed by atoms with van der Waals surface area (Å²) in [6.07, 6.45) is 70.8. The van der Waals surface area contributed by atoms with Crippen molar-refractivity contribution in [3.63, 3.8) is 0 Å². The second-order valence-corrected chi connectivity index (χ2v) is 23.5. The number of phosphoric acid groups is 1. The van der Waals surface area contributed by atoms with Gasteiger partial charge in [0.15, 0.2) is 0 Å². The van der Waals surface area contributed by atoms with Crippen LogP contribution in [0.4, 0.5) is 0 Å². The van der Waals surface area contributed by atoms with E-state index in [1.54, 1.807) is 6.08 Å². The molecule has 0 saturated heterocycles. The van der Waals surface area contributed by atoms with Gasteiger partial charge in [-0.1, -0.05) is 262 Å². The van der Waals surface area contributed by atoms with Crippen molar-refractivity contribution in [1.29, 1.82) is 0 Å². The Morgan fingerprint density at radius 3 is 1.13 bits per heavy atom. The summed E-state index contributed by atoms with van der Waals surface area (Å²) in [5.41, 5.74) is 0. The van der Waals surface area contributed by atoms with Gasteiger partial charge in [0.2, 0.25) is 5.91 Å². The van der Waals surface area contributed by atoms with Crippen LogP contribution in [-0.4, -0.2) is 73.4 Å². The van der Waals surface area contributed by atoms with E-state index in [4.69, 9.17) is 9.05 Å². The van der Waals surface area contributed by atoms with Crippen molar-refractivity contribution < 1.29 is 32.9 Å². The van der Waals surface area contributed by atoms with Crippen LogP contribution in [0.5, 0.6) is 0 Å². The molecule has 0 aromatic heterocycles. The third-order valence-corrected chi connectivity index (χ3v) is 14.7. The summed E-state index contributed by atoms with van der Waals surface area (Å²) >= 11 is 0. The molecule has 1 amide bonds. The van der Waals surface area contributed by atoms with Gasteiger partial charge in [-0.2, -0.15) is 0 Å². The molecule has 0 aliphatic carbocycles. The number of allylic oxidation sites excluding steroid dienone is 7. The Balaban J connectivity index is 4.23. The zero-order chi connectivity index (χ0) is 52.0. The van der Waals surface area contributed by atoms with Crippen molar-refractivity contribution in [3.8, 4) is 0 Å². The number of aliphatic hydroxyl groups excluding tert-OH is 1. The van der Waals surface area contributed by atoms with Crippen molar-refractivity contribution >= 4 is 13.7 Å². The smallest absolute Gasteiger partial charge is 0.387 e. The van der Waals surface area contributed by atoms with Crippen LogP contribution in [0.15, 0.2) is 48.6 Å². The maximum atomic E-state index is 13.0. The van der Waals surface area contributed by atoms with Crippen LogP contribution < -0.4 is 5.32 Å². The Labute approximate surface area is 441 Å². The molecule has 8 nitrogen and oxygen atoms in total. The molecule has 0 aromatic rings. The molecule has 418 valence electrons. The summed E-state index contributed by atoms with van der Waals surface area (Å²) in [7, 11) is 1.55. The van der Waals surface area contributed by atoms with E-state index in [9.17, 15) is 19.4 Å². The van der Waals surface area contributed by atoms with Crippen molar-refractivity contribution in [2.45, 2.75) is 302 Å². The standard InChI is InChI=1S/C62H119N2O6P/c1-6-8-10-12-14-16-18-20-22-24-26-28-30-32-34-36-38-40-42-44-46-48-50-52-54-56-62(66)63-60(59-70-71(67,68)69-58-57-64(3,4)5)61(65)55-53-51-49-47-45-43-41-39-37-35-33-31-29-27-25-23-21-19-17-15-13-11-9-7-2/h24,26,37,39,45,47,53,55,60-61,65H,6-23,25,27-36,38,40-44,46,48-52,54,56-59H2,1-5H3,(H-,63,66,67,68)/p+1/b26-24-,39-37+,47-45+,55-53+. The van der Waals surface area contributed by atoms with Gasteiger partial charge in [0, 0.05) is 6.42 Å². The fraction of sp³-hybridized carbons (Fsp3) is 0.855. The Kier molecular flexibility index (Phi) is 52.1. The number of quaternary nitrogens is 1. The molecule has 0 fully saturated rings. The molecule has 0 heterocycles. The first-order valence-electron chi connectivity index (χ1n) is 30.5. The summed E-state index contributed by atoms with van der Waals surface area (Å²) in [5.74, 6) is -0.188. The average molecular weight is 1020 g/mol. The summed E-state index contributed by atoms with van der Waals surface area (Å²) in [6, 6.07) is -0.871. The zero-order valence-electron chi connectivity index (χ0n) is 47.7. The van der Waals surface area contributed by atoms with Crippen molar-refractivity contribution in [1.82, 2.24) is 5.32 Å². The number of phosphoric ester groups is 1. The largest absolute Gasteiger partial charge is 0.472 e. The maximum Gasteiger partial charge on any atom is 0.472 e. The lowest BCUT2D eigenvalue weighted by molar-refractivity contribution is -0.870. The van der Waals surface area contributed by atoms with Crippen LogP contribution in [0, 0.1) is 0 Å². The summed E-state index contributed by atoms with van der Waals surface area (Å²) in [4.78, 5) is 23.3. The SMILES string of the molecule is CCCCCCCCCC/C=C\CCCCCCCCCCCCCCCC(=O)NC(COP(=O)(O)OCC[N+](C)(C)C)C(O)/C=C/CC/C=C/CC/C=C/CCCCCCCCCCCCCCCC. The monoisotopic (exact) mass is 1020 g/mol. The van der Waals surface area contributed by atoms with Gasteiger partial charge in [0.1, 0.15) is 13.2 Å². The van der Waals surface area contributed by atoms with E-state index in [0.717, 1.165) is 44.9 Å². The summed E-state index contributed by atoms with van der Waals surface area (Å²) in [6.45, 7) is 4.82. The lowest BCUT2D eigenvalue weighted by atomic mass is 10.0. The minimum absolute atomic E-state index is 0.0536. The van der Waals surface area contributed by atoms with Crippen molar-refractivity contribution in [2.24, 2.45) is 0 Å². The number of unbranched alkanes of at least 4 members (excludes halogenated alkanes) is 37. The van der Waals surface area contributed by atoms with Crippen LogP contribution in [0.1, 0.15) is 290 Å². The van der Waals surface area contributed by atoms with Gasteiger partial charge in [-0.15, -0.1) is 0 Å². The van der Waals surface area contributed by atoms with Gasteiger partial charge < -0.3 is 19.8 Å². The van der Waals surface area contributed by atoms with Gasteiger partial charge in [-0.3, -0.25) is 13.8 Å². The predicted molar refractivity (Wildman–Crippen MR) is 309 cm³/mol. The highest BCUT2D eigenvalue weighted by Gasteiger charge is 2.27. The first kappa shape index (κ1) is 69.5. The van der Waals surface area contributed by atoms with E-state index in [1.807, 2.05) is 27.2 Å². The van der Waals surface area contributed by atoms with E-state index in [2.05, 4.69) is 55.6 Å². The fourth-order valence-electron chi connectivity index (χ4n) is 8.95. The number of carbonyl (C=O) groups excluding carboxylic acids is 1. The van der Waals surface area contributed by atoms with E-state index in [1.165, 1.54) is 225 Å². The number of hydrogen-bond acceptors (Lipinski definition) is 5. The molecule has 0 bridgehead atoms. The highest BCUT2D eigenvalue weighted by molar-refractivity contribution is 7.47. The second kappa shape index (κ2) is 53.3. The molecule has 0 spiro atoms. The quantitative estimate of drug-likeness (QED) is 0.0243. The van der Waals surface area contributed by atoms with Crippen LogP contribution in [0.25, 0.3) is 0 Å². The Morgan fingerprint density at radius 2 is 0.775 bits per heavy atom. The molecular weight excluding hydrogens is 900 g/mol. The number of likely N-dealkylation sites (N-methyl/N-ethyl adjacent to an activating group) is 1. The summed E-state index contributed by atoms with van der Waals surface area (Å²) in [5, 5.41) is 13.9. The van der Waals surface area contributed by atoms with Gasteiger partial charge in [-0.05, 0) is 70.6 Å². The Bertz CT molecular complexity index is 1290. The molecule has 0 saturated carbocycles. The van der Waals surface area contributed by atoms with Gasteiger partial charge >= 0.3 is 7.82 Å². The van der Waals surface area contributed by atoms with Crippen LogP contribution >= 0.6 is 7.82 Å². The predicted octanol–water partition coefficient (Wildman–Crippen LogP) is 18.7. The number of nitrogens with zero attached hydrogens (tertiary/aromatic N) is 1. The minimum Gasteiger partial charge on any atom is -0.387 e. The molecule has 0 rings (SSSR count).